The lowest BCUT2D eigenvalue weighted by Crippen LogP contribution is -1.90. The third-order valence-corrected chi connectivity index (χ3v) is 6.32. The van der Waals surface area contributed by atoms with E-state index in [1.807, 2.05) is 25.1 Å². The summed E-state index contributed by atoms with van der Waals surface area (Å²) in [7, 11) is 0. The van der Waals surface area contributed by atoms with Crippen LogP contribution in [0.3, 0.4) is 0 Å². The van der Waals surface area contributed by atoms with Gasteiger partial charge in [-0.3, -0.25) is 0 Å². The summed E-state index contributed by atoms with van der Waals surface area (Å²) in [6.07, 6.45) is 1.02. The van der Waals surface area contributed by atoms with Gasteiger partial charge in [0.25, 0.3) is 5.89 Å². The molecule has 3 heterocycles. The first kappa shape index (κ1) is 18.1. The lowest BCUT2D eigenvalue weighted by atomic mass is 10.2. The number of aryl methyl sites for hydroxylation is 2. The number of ether oxygens (including phenoxy) is 1. The Kier molecular flexibility index (Phi) is 5.18. The smallest absolute Gasteiger partial charge is 0.257 e. The Hall–Kier alpha value is -2.32. The van der Waals surface area contributed by atoms with Crippen molar-refractivity contribution in [3.05, 3.63) is 40.6 Å². The van der Waals surface area contributed by atoms with Crippen molar-refractivity contribution in [2.75, 3.05) is 6.61 Å². The Balaban J connectivity index is 1.45. The second kappa shape index (κ2) is 7.74. The van der Waals surface area contributed by atoms with Gasteiger partial charge in [0, 0.05) is 10.9 Å². The van der Waals surface area contributed by atoms with Crippen LogP contribution in [0.1, 0.15) is 30.2 Å². The number of imidazole rings is 1. The van der Waals surface area contributed by atoms with Crippen molar-refractivity contribution in [2.24, 2.45) is 0 Å². The van der Waals surface area contributed by atoms with Crippen LogP contribution in [0.2, 0.25) is 0 Å². The second-order valence-electron chi connectivity index (χ2n) is 6.01. The fraction of sp³-hybridized carbons (Fsp3) is 0.316. The van der Waals surface area contributed by atoms with Crippen molar-refractivity contribution in [3.63, 3.8) is 0 Å². The zero-order valence-corrected chi connectivity index (χ0v) is 17.0. The molecule has 0 saturated carbocycles. The lowest BCUT2D eigenvalue weighted by Gasteiger charge is -2.00. The highest BCUT2D eigenvalue weighted by molar-refractivity contribution is 7.98. The molecular formula is C19H20N4O2S2. The van der Waals surface area contributed by atoms with Crippen LogP contribution in [0.5, 0.6) is 5.75 Å². The van der Waals surface area contributed by atoms with Gasteiger partial charge in [-0.05, 0) is 44.0 Å². The van der Waals surface area contributed by atoms with Crippen LogP contribution in [-0.2, 0) is 12.2 Å². The van der Waals surface area contributed by atoms with Gasteiger partial charge in [0.15, 0.2) is 5.16 Å². The van der Waals surface area contributed by atoms with Crippen molar-refractivity contribution in [1.29, 1.82) is 0 Å². The van der Waals surface area contributed by atoms with Gasteiger partial charge in [0.2, 0.25) is 5.89 Å². The molecule has 0 saturated heterocycles. The minimum absolute atomic E-state index is 0.566. The van der Waals surface area contributed by atoms with Crippen LogP contribution >= 0.6 is 23.1 Å². The molecule has 0 spiro atoms. The van der Waals surface area contributed by atoms with Crippen molar-refractivity contribution in [3.8, 4) is 16.5 Å². The Labute approximate surface area is 165 Å². The fourth-order valence-electron chi connectivity index (χ4n) is 2.81. The van der Waals surface area contributed by atoms with Gasteiger partial charge < -0.3 is 14.1 Å². The van der Waals surface area contributed by atoms with Crippen molar-refractivity contribution >= 4 is 34.1 Å². The number of thioether (sulfide) groups is 1. The fourth-order valence-corrected chi connectivity index (χ4v) is 4.57. The monoisotopic (exact) mass is 400 g/mol. The molecule has 27 heavy (non-hydrogen) atoms. The predicted octanol–water partition coefficient (Wildman–Crippen LogP) is 5.24. The van der Waals surface area contributed by atoms with Gasteiger partial charge >= 0.3 is 0 Å². The minimum atomic E-state index is 0.566. The Bertz CT molecular complexity index is 1070. The topological polar surface area (TPSA) is 76.8 Å². The summed E-state index contributed by atoms with van der Waals surface area (Å²) < 4.78 is 11.4. The van der Waals surface area contributed by atoms with Crippen LogP contribution in [0.4, 0.5) is 0 Å². The number of H-pyrrole nitrogens is 1. The summed E-state index contributed by atoms with van der Waals surface area (Å²) in [6.45, 7) is 6.88. The van der Waals surface area contributed by atoms with E-state index < -0.39 is 0 Å². The van der Waals surface area contributed by atoms with E-state index in [4.69, 9.17) is 9.15 Å². The first-order valence-corrected chi connectivity index (χ1v) is 10.6. The Morgan fingerprint density at radius 2 is 2.11 bits per heavy atom. The summed E-state index contributed by atoms with van der Waals surface area (Å²) in [4.78, 5) is 10.3. The van der Waals surface area contributed by atoms with Crippen LogP contribution in [0.15, 0.2) is 33.8 Å². The second-order valence-corrected chi connectivity index (χ2v) is 8.11. The largest absolute Gasteiger partial charge is 0.494 e. The molecule has 0 bridgehead atoms. The van der Waals surface area contributed by atoms with Gasteiger partial charge in [-0.2, -0.15) is 0 Å². The standard InChI is InChI=1S/C19H20N4O2S2/c1-4-15-11(3)8-16(27-15)18-23-22-17(25-18)10-26-19-20-13-7-6-12(24-5-2)9-14(13)21-19/h6-9H,4-5,10H2,1-3H3,(H,20,21). The molecule has 3 aromatic heterocycles. The lowest BCUT2D eigenvalue weighted by molar-refractivity contribution is 0.340. The number of nitrogens with one attached hydrogen (secondary N) is 1. The molecule has 0 radical (unpaired) electrons. The van der Waals surface area contributed by atoms with Crippen molar-refractivity contribution < 1.29 is 9.15 Å². The summed E-state index contributed by atoms with van der Waals surface area (Å²) in [5, 5.41) is 9.19. The van der Waals surface area contributed by atoms with Crippen molar-refractivity contribution in [1.82, 2.24) is 20.2 Å². The molecule has 0 atom stereocenters. The minimum Gasteiger partial charge on any atom is -0.494 e. The molecule has 4 aromatic rings. The highest BCUT2D eigenvalue weighted by Gasteiger charge is 2.14. The number of aromatic amines is 1. The maximum atomic E-state index is 5.84. The third kappa shape index (κ3) is 3.86. The number of hydrogen-bond donors (Lipinski definition) is 1. The van der Waals surface area contributed by atoms with Gasteiger partial charge in [-0.25, -0.2) is 4.98 Å². The molecule has 0 fully saturated rings. The molecule has 0 aliphatic rings. The highest BCUT2D eigenvalue weighted by Crippen LogP contribution is 2.32. The first-order valence-electron chi connectivity index (χ1n) is 8.83. The van der Waals surface area contributed by atoms with E-state index in [0.717, 1.165) is 33.2 Å². The van der Waals surface area contributed by atoms with Crippen LogP contribution in [-0.4, -0.2) is 26.8 Å². The zero-order chi connectivity index (χ0) is 18.8. The molecule has 4 rings (SSSR count). The molecule has 0 aliphatic carbocycles. The molecule has 0 amide bonds. The predicted molar refractivity (Wildman–Crippen MR) is 109 cm³/mol. The van der Waals surface area contributed by atoms with Gasteiger partial charge in [-0.15, -0.1) is 21.5 Å². The Morgan fingerprint density at radius 1 is 1.22 bits per heavy atom. The van der Waals surface area contributed by atoms with Crippen LogP contribution < -0.4 is 4.74 Å². The summed E-state index contributed by atoms with van der Waals surface area (Å²) >= 11 is 3.25. The molecule has 1 aromatic carbocycles. The van der Waals surface area contributed by atoms with E-state index in [-0.39, 0.29) is 0 Å². The van der Waals surface area contributed by atoms with E-state index in [0.29, 0.717) is 24.1 Å². The van der Waals surface area contributed by atoms with Crippen LogP contribution in [0, 0.1) is 6.92 Å². The number of aromatic nitrogens is 4. The maximum absolute atomic E-state index is 5.84. The van der Waals surface area contributed by atoms with Crippen molar-refractivity contribution in [2.45, 2.75) is 38.1 Å². The molecule has 6 nitrogen and oxygen atoms in total. The van der Waals surface area contributed by atoms with Crippen LogP contribution in [0.25, 0.3) is 21.8 Å². The summed E-state index contributed by atoms with van der Waals surface area (Å²) in [5.41, 5.74) is 3.14. The number of benzene rings is 1. The molecule has 0 unspecified atom stereocenters. The quantitative estimate of drug-likeness (QED) is 0.428. The first-order chi connectivity index (χ1) is 13.2. The zero-order valence-electron chi connectivity index (χ0n) is 15.4. The number of fused-ring (bicyclic) bond motifs is 1. The van der Waals surface area contributed by atoms with E-state index in [9.17, 15) is 0 Å². The Morgan fingerprint density at radius 3 is 2.89 bits per heavy atom. The number of hydrogen-bond acceptors (Lipinski definition) is 7. The molecule has 8 heteroatoms. The third-order valence-electron chi connectivity index (χ3n) is 4.09. The molecular weight excluding hydrogens is 380 g/mol. The normalized spacial score (nSPS) is 11.4. The summed E-state index contributed by atoms with van der Waals surface area (Å²) in [6, 6.07) is 7.96. The molecule has 0 aliphatic heterocycles. The number of thiophene rings is 1. The SMILES string of the molecule is CCOc1ccc2nc(SCc3nnc(-c4cc(C)c(CC)s4)o3)[nH]c2c1. The van der Waals surface area contributed by atoms with E-state index in [1.165, 1.54) is 22.2 Å². The maximum Gasteiger partial charge on any atom is 0.257 e. The number of rotatable bonds is 7. The van der Waals surface area contributed by atoms with E-state index >= 15 is 0 Å². The average Bonchev–Trinajstić information content (AvgIpc) is 3.37. The van der Waals surface area contributed by atoms with E-state index in [2.05, 4.69) is 40.1 Å². The number of nitrogens with zero attached hydrogens (tertiary/aromatic N) is 3. The van der Waals surface area contributed by atoms with E-state index in [1.54, 1.807) is 11.3 Å². The molecule has 1 N–H and O–H groups in total. The van der Waals surface area contributed by atoms with Gasteiger partial charge in [0.1, 0.15) is 5.75 Å². The summed E-state index contributed by atoms with van der Waals surface area (Å²) in [5.74, 6) is 2.58. The average molecular weight is 401 g/mol. The molecule has 140 valence electrons. The van der Waals surface area contributed by atoms with Gasteiger partial charge in [-0.1, -0.05) is 18.7 Å². The van der Waals surface area contributed by atoms with Gasteiger partial charge in [0.05, 0.1) is 28.3 Å². The highest BCUT2D eigenvalue weighted by atomic mass is 32.2.